The molecule has 2 saturated carbocycles. The first-order valence-corrected chi connectivity index (χ1v) is 9.66. The van der Waals surface area contributed by atoms with E-state index in [4.69, 9.17) is 0 Å². The number of thiophene rings is 1. The Bertz CT molecular complexity index is 485. The summed E-state index contributed by atoms with van der Waals surface area (Å²) < 4.78 is 0. The van der Waals surface area contributed by atoms with Gasteiger partial charge < -0.3 is 5.32 Å². The van der Waals surface area contributed by atoms with Gasteiger partial charge in [0, 0.05) is 41.0 Å². The Hall–Kier alpha value is -0.380. The maximum absolute atomic E-state index is 3.96. The summed E-state index contributed by atoms with van der Waals surface area (Å²) in [7, 11) is 0. The van der Waals surface area contributed by atoms with Crippen LogP contribution in [-0.2, 0) is 13.0 Å². The van der Waals surface area contributed by atoms with Crippen molar-refractivity contribution in [3.8, 4) is 0 Å². The van der Waals surface area contributed by atoms with Crippen molar-refractivity contribution in [2.24, 2.45) is 5.92 Å². The fraction of sp³-hybridized carbons (Fsp3) is 0.778. The third-order valence-electron chi connectivity index (χ3n) is 5.81. The van der Waals surface area contributed by atoms with Gasteiger partial charge in [-0.1, -0.05) is 19.8 Å². The molecule has 3 aliphatic rings. The van der Waals surface area contributed by atoms with Crippen LogP contribution >= 0.6 is 11.3 Å². The second-order valence-electron chi connectivity index (χ2n) is 7.40. The maximum atomic E-state index is 3.96. The van der Waals surface area contributed by atoms with Crippen molar-refractivity contribution in [3.63, 3.8) is 0 Å². The lowest BCUT2D eigenvalue weighted by Crippen LogP contribution is -2.63. The van der Waals surface area contributed by atoms with Crippen LogP contribution < -0.4 is 5.32 Å². The van der Waals surface area contributed by atoms with E-state index in [-0.39, 0.29) is 0 Å². The van der Waals surface area contributed by atoms with Gasteiger partial charge in [0.1, 0.15) is 0 Å². The molecular formula is C18H28N2S. The van der Waals surface area contributed by atoms with Crippen LogP contribution in [0.5, 0.6) is 0 Å². The lowest BCUT2D eigenvalue weighted by atomic mass is 9.91. The highest BCUT2D eigenvalue weighted by atomic mass is 32.1. The number of hydrogen-bond acceptors (Lipinski definition) is 3. The lowest BCUT2D eigenvalue weighted by molar-refractivity contribution is 0.0636. The van der Waals surface area contributed by atoms with Gasteiger partial charge in [-0.25, -0.2) is 0 Å². The van der Waals surface area contributed by atoms with Crippen molar-refractivity contribution in [2.75, 3.05) is 13.1 Å². The normalized spacial score (nSPS) is 29.3. The molecule has 2 nitrogen and oxygen atoms in total. The highest BCUT2D eigenvalue weighted by molar-refractivity contribution is 7.11. The van der Waals surface area contributed by atoms with Crippen LogP contribution in [0.3, 0.4) is 0 Å². The molecular weight excluding hydrogens is 276 g/mol. The number of piperazine rings is 1. The number of rotatable bonds is 4. The second kappa shape index (κ2) is 5.68. The Kier molecular flexibility index (Phi) is 3.85. The van der Waals surface area contributed by atoms with Crippen molar-refractivity contribution in [1.29, 1.82) is 0 Å². The van der Waals surface area contributed by atoms with Crippen LogP contribution in [0.1, 0.15) is 55.2 Å². The molecule has 1 aromatic rings. The molecule has 21 heavy (non-hydrogen) atoms. The van der Waals surface area contributed by atoms with Gasteiger partial charge in [0.25, 0.3) is 0 Å². The average Bonchev–Trinajstić information content (AvgIpc) is 3.07. The first kappa shape index (κ1) is 14.2. The number of hydrogen-bond donors (Lipinski definition) is 1. The molecule has 1 N–H and O–H groups in total. The van der Waals surface area contributed by atoms with E-state index < -0.39 is 0 Å². The highest BCUT2D eigenvalue weighted by Gasteiger charge is 2.45. The zero-order valence-electron chi connectivity index (χ0n) is 13.2. The molecule has 116 valence electrons. The van der Waals surface area contributed by atoms with Crippen LogP contribution in [0.25, 0.3) is 0 Å². The molecule has 0 aromatic carbocycles. The predicted octanol–water partition coefficient (Wildman–Crippen LogP) is 3.81. The molecule has 1 saturated heterocycles. The lowest BCUT2D eigenvalue weighted by Gasteiger charge is -2.46. The van der Waals surface area contributed by atoms with Gasteiger partial charge in [-0.15, -0.1) is 11.3 Å². The first-order valence-electron chi connectivity index (χ1n) is 8.85. The molecule has 2 aliphatic carbocycles. The minimum absolute atomic E-state index is 0.455. The zero-order valence-corrected chi connectivity index (χ0v) is 14.1. The van der Waals surface area contributed by atoms with E-state index in [0.717, 1.165) is 12.0 Å². The highest BCUT2D eigenvalue weighted by Crippen LogP contribution is 2.41. The van der Waals surface area contributed by atoms with Crippen LogP contribution in [-0.4, -0.2) is 29.6 Å². The summed E-state index contributed by atoms with van der Waals surface area (Å²) in [5, 5.41) is 3.96. The van der Waals surface area contributed by atoms with E-state index in [0.29, 0.717) is 5.54 Å². The molecule has 3 fully saturated rings. The Morgan fingerprint density at radius 2 is 2.00 bits per heavy atom. The Morgan fingerprint density at radius 3 is 2.67 bits per heavy atom. The smallest absolute Gasteiger partial charge is 0.0332 e. The van der Waals surface area contributed by atoms with Gasteiger partial charge in [0.2, 0.25) is 0 Å². The van der Waals surface area contributed by atoms with E-state index >= 15 is 0 Å². The number of aryl methyl sites for hydroxylation is 1. The molecule has 1 atom stereocenters. The van der Waals surface area contributed by atoms with Crippen LogP contribution in [0.2, 0.25) is 0 Å². The minimum Gasteiger partial charge on any atom is -0.308 e. The summed E-state index contributed by atoms with van der Waals surface area (Å²) >= 11 is 2.03. The molecule has 1 unspecified atom stereocenters. The van der Waals surface area contributed by atoms with E-state index in [1.165, 1.54) is 64.6 Å². The van der Waals surface area contributed by atoms with E-state index in [2.05, 4.69) is 29.3 Å². The SMILES string of the molecule is CCc1ccc(CN2CC3(CCCC3)NCC2C2CC2)s1. The largest absolute Gasteiger partial charge is 0.308 e. The molecule has 1 aliphatic heterocycles. The monoisotopic (exact) mass is 304 g/mol. The first-order chi connectivity index (χ1) is 10.3. The topological polar surface area (TPSA) is 15.3 Å². The van der Waals surface area contributed by atoms with Crippen molar-refractivity contribution in [1.82, 2.24) is 10.2 Å². The molecule has 0 radical (unpaired) electrons. The summed E-state index contributed by atoms with van der Waals surface area (Å²) in [6, 6.07) is 5.50. The Balaban J connectivity index is 1.50. The third-order valence-corrected chi connectivity index (χ3v) is 7.03. The van der Waals surface area contributed by atoms with Gasteiger partial charge in [0.05, 0.1) is 0 Å². The maximum Gasteiger partial charge on any atom is 0.0332 e. The molecule has 0 bridgehead atoms. The molecule has 0 amide bonds. The molecule has 3 heteroatoms. The number of nitrogens with one attached hydrogen (secondary N) is 1. The molecule has 1 aromatic heterocycles. The van der Waals surface area contributed by atoms with Gasteiger partial charge in [-0.3, -0.25) is 4.90 Å². The summed E-state index contributed by atoms with van der Waals surface area (Å²) in [5.74, 6) is 0.974. The summed E-state index contributed by atoms with van der Waals surface area (Å²) in [6.07, 6.45) is 9.74. The van der Waals surface area contributed by atoms with E-state index in [9.17, 15) is 0 Å². The quantitative estimate of drug-likeness (QED) is 0.910. The van der Waals surface area contributed by atoms with Gasteiger partial charge >= 0.3 is 0 Å². The Labute approximate surface area is 132 Å². The van der Waals surface area contributed by atoms with Crippen molar-refractivity contribution in [3.05, 3.63) is 21.9 Å². The average molecular weight is 305 g/mol. The fourth-order valence-corrected chi connectivity index (χ4v) is 5.40. The van der Waals surface area contributed by atoms with Crippen LogP contribution in [0.4, 0.5) is 0 Å². The minimum atomic E-state index is 0.455. The molecule has 1 spiro atoms. The van der Waals surface area contributed by atoms with Crippen molar-refractivity contribution in [2.45, 2.75) is 70.0 Å². The second-order valence-corrected chi connectivity index (χ2v) is 8.65. The fourth-order valence-electron chi connectivity index (χ4n) is 4.42. The van der Waals surface area contributed by atoms with Crippen molar-refractivity contribution >= 4 is 11.3 Å². The summed E-state index contributed by atoms with van der Waals surface area (Å²) in [6.45, 7) is 5.97. The standard InChI is InChI=1S/C18H28N2S/c1-2-15-7-8-16(21-15)12-20-13-18(9-3-4-10-18)19-11-17(20)14-5-6-14/h7-8,14,17,19H,2-6,9-13H2,1H3. The summed E-state index contributed by atoms with van der Waals surface area (Å²) in [4.78, 5) is 5.95. The van der Waals surface area contributed by atoms with Crippen molar-refractivity contribution < 1.29 is 0 Å². The predicted molar refractivity (Wildman–Crippen MR) is 89.8 cm³/mol. The van der Waals surface area contributed by atoms with Gasteiger partial charge in [-0.05, 0) is 50.2 Å². The van der Waals surface area contributed by atoms with E-state index in [1.807, 2.05) is 11.3 Å². The third kappa shape index (κ3) is 2.93. The Morgan fingerprint density at radius 1 is 1.24 bits per heavy atom. The molecule has 2 heterocycles. The van der Waals surface area contributed by atoms with Gasteiger partial charge in [0.15, 0.2) is 0 Å². The molecule has 4 rings (SSSR count). The van der Waals surface area contributed by atoms with E-state index in [1.54, 1.807) is 9.75 Å². The van der Waals surface area contributed by atoms with Crippen LogP contribution in [0, 0.1) is 5.92 Å². The van der Waals surface area contributed by atoms with Crippen LogP contribution in [0.15, 0.2) is 12.1 Å². The number of nitrogens with zero attached hydrogens (tertiary/aromatic N) is 1. The summed E-state index contributed by atoms with van der Waals surface area (Å²) in [5.41, 5.74) is 0.455. The van der Waals surface area contributed by atoms with Gasteiger partial charge in [-0.2, -0.15) is 0 Å². The zero-order chi connectivity index (χ0) is 14.3.